The summed E-state index contributed by atoms with van der Waals surface area (Å²) in [4.78, 5) is 0. The van der Waals surface area contributed by atoms with E-state index in [2.05, 4.69) is 5.32 Å². The van der Waals surface area contributed by atoms with Gasteiger partial charge in [0.25, 0.3) is 5.92 Å². The van der Waals surface area contributed by atoms with Crippen molar-refractivity contribution in [1.29, 1.82) is 0 Å². The van der Waals surface area contributed by atoms with Gasteiger partial charge in [-0.05, 0) is 56.0 Å². The van der Waals surface area contributed by atoms with E-state index >= 15 is 0 Å². The molecule has 1 unspecified atom stereocenters. The highest BCUT2D eigenvalue weighted by Gasteiger charge is 2.31. The molecule has 1 fully saturated rings. The van der Waals surface area contributed by atoms with Crippen LogP contribution in [0.4, 0.5) is 8.78 Å². The van der Waals surface area contributed by atoms with Crippen molar-refractivity contribution in [1.82, 2.24) is 5.32 Å². The monoisotopic (exact) mass is 269 g/mol. The van der Waals surface area contributed by atoms with Gasteiger partial charge in [0.2, 0.25) is 0 Å². The standard InChI is InChI=1S/C15H21F2NO/c1-10-4-5-13(15(2,16)17)14(19-3)12(10)8-11-6-7-18-9-11/h4-5,11,18H,6-9H2,1-3H3. The first-order chi connectivity index (χ1) is 8.93. The van der Waals surface area contributed by atoms with Crippen molar-refractivity contribution in [3.8, 4) is 5.75 Å². The van der Waals surface area contributed by atoms with Crippen LogP contribution in [0, 0.1) is 12.8 Å². The van der Waals surface area contributed by atoms with Crippen LogP contribution in [-0.4, -0.2) is 20.2 Å². The Hall–Kier alpha value is -1.16. The topological polar surface area (TPSA) is 21.3 Å². The summed E-state index contributed by atoms with van der Waals surface area (Å²) in [6.45, 7) is 4.84. The summed E-state index contributed by atoms with van der Waals surface area (Å²) in [6, 6.07) is 3.25. The average Bonchev–Trinajstić information content (AvgIpc) is 2.82. The molecule has 0 radical (unpaired) electrons. The molecule has 1 N–H and O–H groups in total. The highest BCUT2D eigenvalue weighted by molar-refractivity contribution is 5.48. The van der Waals surface area contributed by atoms with Gasteiger partial charge in [0.15, 0.2) is 0 Å². The zero-order valence-electron chi connectivity index (χ0n) is 11.7. The number of methoxy groups -OCH3 is 1. The third kappa shape index (κ3) is 3.06. The van der Waals surface area contributed by atoms with Gasteiger partial charge in [0, 0.05) is 6.92 Å². The fourth-order valence-electron chi connectivity index (χ4n) is 2.74. The van der Waals surface area contributed by atoms with Crippen LogP contribution < -0.4 is 10.1 Å². The van der Waals surface area contributed by atoms with Crippen molar-refractivity contribution in [3.05, 3.63) is 28.8 Å². The number of alkyl halides is 2. The maximum Gasteiger partial charge on any atom is 0.274 e. The number of hydrogen-bond acceptors (Lipinski definition) is 2. The molecule has 1 aliphatic heterocycles. The van der Waals surface area contributed by atoms with Gasteiger partial charge in [0.05, 0.1) is 12.7 Å². The Morgan fingerprint density at radius 3 is 2.68 bits per heavy atom. The number of ether oxygens (including phenoxy) is 1. The largest absolute Gasteiger partial charge is 0.496 e. The van der Waals surface area contributed by atoms with Crippen LogP contribution in [-0.2, 0) is 12.3 Å². The smallest absolute Gasteiger partial charge is 0.274 e. The minimum Gasteiger partial charge on any atom is -0.496 e. The Morgan fingerprint density at radius 2 is 2.16 bits per heavy atom. The normalized spacial score (nSPS) is 19.7. The van der Waals surface area contributed by atoms with E-state index in [1.54, 1.807) is 6.07 Å². The third-order valence-electron chi connectivity index (χ3n) is 3.83. The lowest BCUT2D eigenvalue weighted by atomic mass is 9.91. The number of hydrogen-bond donors (Lipinski definition) is 1. The van der Waals surface area contributed by atoms with Gasteiger partial charge in [-0.2, -0.15) is 0 Å². The summed E-state index contributed by atoms with van der Waals surface area (Å²) in [6.07, 6.45) is 1.89. The minimum atomic E-state index is -2.87. The molecule has 2 rings (SSSR count). The number of rotatable bonds is 4. The van der Waals surface area contributed by atoms with E-state index in [4.69, 9.17) is 4.74 Å². The molecule has 1 saturated heterocycles. The third-order valence-corrected chi connectivity index (χ3v) is 3.83. The molecule has 0 spiro atoms. The van der Waals surface area contributed by atoms with Crippen LogP contribution in [0.2, 0.25) is 0 Å². The van der Waals surface area contributed by atoms with Crippen LogP contribution in [0.15, 0.2) is 12.1 Å². The lowest BCUT2D eigenvalue weighted by Gasteiger charge is -2.21. The number of benzene rings is 1. The molecule has 0 aromatic heterocycles. The Kier molecular flexibility index (Phi) is 4.09. The lowest BCUT2D eigenvalue weighted by Crippen LogP contribution is -2.15. The maximum absolute atomic E-state index is 13.6. The van der Waals surface area contributed by atoms with E-state index in [1.165, 1.54) is 13.2 Å². The van der Waals surface area contributed by atoms with Crippen molar-refractivity contribution in [3.63, 3.8) is 0 Å². The molecular formula is C15H21F2NO. The summed E-state index contributed by atoms with van der Waals surface area (Å²) >= 11 is 0. The zero-order chi connectivity index (χ0) is 14.0. The average molecular weight is 269 g/mol. The van der Waals surface area contributed by atoms with Crippen LogP contribution in [0.25, 0.3) is 0 Å². The van der Waals surface area contributed by atoms with Crippen LogP contribution in [0.3, 0.4) is 0 Å². The molecule has 2 nitrogen and oxygen atoms in total. The molecule has 4 heteroatoms. The lowest BCUT2D eigenvalue weighted by molar-refractivity contribution is 0.0149. The van der Waals surface area contributed by atoms with Gasteiger partial charge < -0.3 is 10.1 Å². The number of nitrogens with one attached hydrogen (secondary N) is 1. The summed E-state index contributed by atoms with van der Waals surface area (Å²) in [7, 11) is 1.47. The Bertz CT molecular complexity index is 448. The predicted molar refractivity (Wildman–Crippen MR) is 72.0 cm³/mol. The molecule has 0 saturated carbocycles. The summed E-state index contributed by atoms with van der Waals surface area (Å²) in [5, 5.41) is 3.31. The van der Waals surface area contributed by atoms with E-state index in [-0.39, 0.29) is 5.56 Å². The molecular weight excluding hydrogens is 248 g/mol. The highest BCUT2D eigenvalue weighted by atomic mass is 19.3. The number of halogens is 2. The van der Waals surface area contributed by atoms with Crippen molar-refractivity contribution >= 4 is 0 Å². The molecule has 19 heavy (non-hydrogen) atoms. The second-order valence-corrected chi connectivity index (χ2v) is 5.39. The van der Waals surface area contributed by atoms with E-state index in [0.29, 0.717) is 11.7 Å². The first-order valence-corrected chi connectivity index (χ1v) is 6.69. The zero-order valence-corrected chi connectivity index (χ0v) is 11.7. The van der Waals surface area contributed by atoms with E-state index < -0.39 is 5.92 Å². The first kappa shape index (κ1) is 14.3. The summed E-state index contributed by atoms with van der Waals surface area (Å²) in [5.74, 6) is -2.01. The van der Waals surface area contributed by atoms with Crippen LogP contribution in [0.1, 0.15) is 30.0 Å². The van der Waals surface area contributed by atoms with E-state index in [1.807, 2.05) is 6.92 Å². The van der Waals surface area contributed by atoms with Gasteiger partial charge in [-0.1, -0.05) is 6.07 Å². The Morgan fingerprint density at radius 1 is 1.42 bits per heavy atom. The van der Waals surface area contributed by atoms with E-state index in [9.17, 15) is 8.78 Å². The molecule has 1 aliphatic rings. The summed E-state index contributed by atoms with van der Waals surface area (Å²) in [5.41, 5.74) is 1.94. The van der Waals surface area contributed by atoms with Gasteiger partial charge in [-0.25, -0.2) is 8.78 Å². The fourth-order valence-corrected chi connectivity index (χ4v) is 2.74. The fraction of sp³-hybridized carbons (Fsp3) is 0.600. The molecule has 0 bridgehead atoms. The van der Waals surface area contributed by atoms with Crippen LogP contribution >= 0.6 is 0 Å². The van der Waals surface area contributed by atoms with Crippen LogP contribution in [0.5, 0.6) is 5.75 Å². The van der Waals surface area contributed by atoms with Crippen molar-refractivity contribution < 1.29 is 13.5 Å². The maximum atomic E-state index is 13.6. The van der Waals surface area contributed by atoms with Gasteiger partial charge in [-0.3, -0.25) is 0 Å². The minimum absolute atomic E-state index is 0.0124. The van der Waals surface area contributed by atoms with Crippen molar-refractivity contribution in [2.75, 3.05) is 20.2 Å². The molecule has 0 amide bonds. The molecule has 1 aromatic rings. The SMILES string of the molecule is COc1c(C(C)(F)F)ccc(C)c1CC1CCNC1. The molecule has 1 atom stereocenters. The van der Waals surface area contributed by atoms with Gasteiger partial charge in [0.1, 0.15) is 5.75 Å². The van der Waals surface area contributed by atoms with Crippen molar-refractivity contribution in [2.24, 2.45) is 5.92 Å². The molecule has 1 heterocycles. The van der Waals surface area contributed by atoms with Gasteiger partial charge in [-0.15, -0.1) is 0 Å². The molecule has 1 aromatic carbocycles. The Balaban J connectivity index is 2.39. The first-order valence-electron chi connectivity index (χ1n) is 6.69. The van der Waals surface area contributed by atoms with E-state index in [0.717, 1.165) is 44.0 Å². The highest BCUT2D eigenvalue weighted by Crippen LogP contribution is 2.39. The second kappa shape index (κ2) is 5.45. The quantitative estimate of drug-likeness (QED) is 0.906. The predicted octanol–water partition coefficient (Wildman–Crippen LogP) is 3.27. The number of aryl methyl sites for hydroxylation is 1. The second-order valence-electron chi connectivity index (χ2n) is 5.39. The summed E-state index contributed by atoms with van der Waals surface area (Å²) < 4.78 is 32.6. The Labute approximate surface area is 113 Å². The van der Waals surface area contributed by atoms with Gasteiger partial charge >= 0.3 is 0 Å². The molecule has 106 valence electrons. The van der Waals surface area contributed by atoms with Crippen molar-refractivity contribution in [2.45, 2.75) is 32.6 Å². The molecule has 0 aliphatic carbocycles.